The Morgan fingerprint density at radius 2 is 1.89 bits per heavy atom. The van der Waals surface area contributed by atoms with Crippen LogP contribution in [0, 0.1) is 17.3 Å². The van der Waals surface area contributed by atoms with Crippen LogP contribution in [0.15, 0.2) is 30.3 Å². The average Bonchev–Trinajstić information content (AvgIpc) is 3.00. The summed E-state index contributed by atoms with van der Waals surface area (Å²) in [6.45, 7) is 12.5. The van der Waals surface area contributed by atoms with Gasteiger partial charge in [-0.1, -0.05) is 58.0 Å². The largest absolute Gasteiger partial charge is 0.478 e. The van der Waals surface area contributed by atoms with Crippen LogP contribution in [-0.2, 0) is 20.6 Å². The lowest BCUT2D eigenvalue weighted by Gasteiger charge is -2.46. The Morgan fingerprint density at radius 3 is 2.39 bits per heavy atom. The summed E-state index contributed by atoms with van der Waals surface area (Å²) in [6.07, 6.45) is -0.0677. The molecule has 6 nitrogen and oxygen atoms in total. The molecule has 28 heavy (non-hydrogen) atoms. The topological polar surface area (TPSA) is 76.1 Å². The van der Waals surface area contributed by atoms with Crippen molar-refractivity contribution in [2.45, 2.75) is 59.5 Å². The molecule has 0 aromatic heterocycles. The molecule has 1 aromatic rings. The van der Waals surface area contributed by atoms with Crippen LogP contribution >= 0.6 is 0 Å². The van der Waals surface area contributed by atoms with Gasteiger partial charge in [-0.2, -0.15) is 0 Å². The molecule has 1 saturated heterocycles. The van der Waals surface area contributed by atoms with Crippen molar-refractivity contribution in [3.05, 3.63) is 35.9 Å². The number of hydrogen-bond donors (Lipinski definition) is 1. The van der Waals surface area contributed by atoms with Crippen LogP contribution < -0.4 is 0 Å². The van der Waals surface area contributed by atoms with Gasteiger partial charge >= 0.3 is 12.1 Å². The molecule has 1 fully saturated rings. The zero-order chi connectivity index (χ0) is 21.1. The van der Waals surface area contributed by atoms with Crippen molar-refractivity contribution in [3.63, 3.8) is 0 Å². The Bertz CT molecular complexity index is 691. The second kappa shape index (κ2) is 8.65. The number of rotatable bonds is 7. The molecule has 1 aliphatic heterocycles. The fourth-order valence-corrected chi connectivity index (χ4v) is 5.04. The molecule has 7 heteroatoms. The van der Waals surface area contributed by atoms with E-state index in [4.69, 9.17) is 9.16 Å². The molecule has 1 N–H and O–H groups in total. The number of carboxylic acids is 1. The molecule has 0 bridgehead atoms. The third kappa shape index (κ3) is 4.25. The lowest BCUT2D eigenvalue weighted by Crippen LogP contribution is -2.62. The molecule has 1 aliphatic rings. The number of benzene rings is 1. The van der Waals surface area contributed by atoms with E-state index in [0.717, 1.165) is 5.56 Å². The minimum Gasteiger partial charge on any atom is -0.478 e. The minimum absolute atomic E-state index is 0.100. The highest BCUT2D eigenvalue weighted by atomic mass is 28.3. The average molecular weight is 408 g/mol. The first-order chi connectivity index (χ1) is 13.0. The number of amides is 1. The van der Waals surface area contributed by atoms with Crippen molar-refractivity contribution in [2.75, 3.05) is 6.54 Å². The van der Waals surface area contributed by atoms with Crippen molar-refractivity contribution in [2.24, 2.45) is 17.3 Å². The fraction of sp³-hybridized carbons (Fsp3) is 0.619. The van der Waals surface area contributed by atoms with Crippen molar-refractivity contribution in [1.29, 1.82) is 0 Å². The molecular weight excluding hydrogens is 374 g/mol. The predicted molar refractivity (Wildman–Crippen MR) is 110 cm³/mol. The first-order valence-electron chi connectivity index (χ1n) is 9.93. The Labute approximate surface area is 169 Å². The van der Waals surface area contributed by atoms with Gasteiger partial charge in [0.1, 0.15) is 6.61 Å². The maximum Gasteiger partial charge on any atom is 0.412 e. The number of likely N-dealkylation sites (tertiary alicyclic amines) is 1. The summed E-state index contributed by atoms with van der Waals surface area (Å²) in [5.74, 6) is -1.20. The summed E-state index contributed by atoms with van der Waals surface area (Å²) >= 11 is 0. The first-order valence-corrected chi connectivity index (χ1v) is 12.7. The normalized spacial score (nSPS) is 22.7. The Balaban J connectivity index is 2.35. The van der Waals surface area contributed by atoms with Crippen LogP contribution in [0.5, 0.6) is 0 Å². The molecular formula is C21H33NO5Si. The number of ether oxygens (including phenoxy) is 1. The molecule has 0 aliphatic carbocycles. The number of carbonyl (C=O) groups excluding carboxylic acids is 1. The standard InChI is InChI=1S/C21H33NO5Si/c1-15(2)20(3,4)17-12-13-22(21(17,18(23)24)27-28(5)6)19(25)26-14-16-10-8-7-9-11-16/h7-11,15,17,28H,12-14H2,1-6H3,(H,23,24)/t17?,21-/m1/s1. The summed E-state index contributed by atoms with van der Waals surface area (Å²) in [5.41, 5.74) is -1.15. The molecule has 0 radical (unpaired) electrons. The fourth-order valence-electron chi connectivity index (χ4n) is 3.93. The van der Waals surface area contributed by atoms with Crippen LogP contribution in [0.4, 0.5) is 4.79 Å². The van der Waals surface area contributed by atoms with Gasteiger partial charge in [-0.3, -0.25) is 4.90 Å². The number of aliphatic carboxylic acids is 1. The third-order valence-electron chi connectivity index (χ3n) is 6.05. The third-order valence-corrected chi connectivity index (χ3v) is 6.88. The smallest absolute Gasteiger partial charge is 0.412 e. The van der Waals surface area contributed by atoms with Crippen molar-refractivity contribution < 1.29 is 23.9 Å². The van der Waals surface area contributed by atoms with Gasteiger partial charge in [0.25, 0.3) is 0 Å². The zero-order valence-corrected chi connectivity index (χ0v) is 18.9. The highest BCUT2D eigenvalue weighted by Gasteiger charge is 2.63. The van der Waals surface area contributed by atoms with Crippen molar-refractivity contribution in [3.8, 4) is 0 Å². The summed E-state index contributed by atoms with van der Waals surface area (Å²) in [7, 11) is -1.78. The summed E-state index contributed by atoms with van der Waals surface area (Å²) in [4.78, 5) is 26.8. The number of nitrogens with zero attached hydrogens (tertiary/aromatic N) is 1. The highest BCUT2D eigenvalue weighted by molar-refractivity contribution is 6.48. The van der Waals surface area contributed by atoms with E-state index in [9.17, 15) is 14.7 Å². The van der Waals surface area contributed by atoms with Gasteiger partial charge in [-0.05, 0) is 36.4 Å². The first kappa shape index (κ1) is 22.4. The van der Waals surface area contributed by atoms with E-state index >= 15 is 0 Å². The van der Waals surface area contributed by atoms with E-state index in [-0.39, 0.29) is 23.9 Å². The monoisotopic (exact) mass is 407 g/mol. The van der Waals surface area contributed by atoms with Gasteiger partial charge in [-0.15, -0.1) is 0 Å². The van der Waals surface area contributed by atoms with Crippen LogP contribution in [0.2, 0.25) is 13.1 Å². The van der Waals surface area contributed by atoms with Gasteiger partial charge in [0.2, 0.25) is 5.72 Å². The highest BCUT2D eigenvalue weighted by Crippen LogP contribution is 2.50. The molecule has 1 aromatic carbocycles. The number of hydrogen-bond acceptors (Lipinski definition) is 4. The van der Waals surface area contributed by atoms with E-state index in [1.807, 2.05) is 43.4 Å². The van der Waals surface area contributed by atoms with Crippen LogP contribution in [-0.4, -0.2) is 43.4 Å². The molecule has 1 heterocycles. The molecule has 0 saturated carbocycles. The molecule has 1 amide bonds. The quantitative estimate of drug-likeness (QED) is 0.689. The van der Waals surface area contributed by atoms with Crippen molar-refractivity contribution in [1.82, 2.24) is 4.90 Å². The zero-order valence-electron chi connectivity index (χ0n) is 17.8. The Kier molecular flexibility index (Phi) is 6.93. The lowest BCUT2D eigenvalue weighted by atomic mass is 9.66. The summed E-state index contributed by atoms with van der Waals surface area (Å²) in [5, 5.41) is 10.3. The molecule has 1 unspecified atom stereocenters. The van der Waals surface area contributed by atoms with Gasteiger partial charge in [0.05, 0.1) is 0 Å². The SMILES string of the molecule is CC(C)C(C)(C)C1CCN(C(=O)OCc2ccccc2)[C@]1(O[SiH](C)C)C(=O)O. The predicted octanol–water partition coefficient (Wildman–Crippen LogP) is 4.11. The second-order valence-corrected chi connectivity index (χ2v) is 11.0. The second-order valence-electron chi connectivity index (χ2n) is 8.68. The van der Waals surface area contributed by atoms with E-state index in [1.165, 1.54) is 4.90 Å². The van der Waals surface area contributed by atoms with Crippen LogP contribution in [0.3, 0.4) is 0 Å². The van der Waals surface area contributed by atoms with Gasteiger partial charge in [0.15, 0.2) is 9.04 Å². The Morgan fingerprint density at radius 1 is 1.29 bits per heavy atom. The molecule has 0 spiro atoms. The van der Waals surface area contributed by atoms with E-state index in [1.54, 1.807) is 0 Å². The molecule has 156 valence electrons. The van der Waals surface area contributed by atoms with Gasteiger partial charge < -0.3 is 14.3 Å². The lowest BCUT2D eigenvalue weighted by molar-refractivity contribution is -0.184. The van der Waals surface area contributed by atoms with Crippen molar-refractivity contribution >= 4 is 21.1 Å². The van der Waals surface area contributed by atoms with E-state index in [0.29, 0.717) is 13.0 Å². The maximum absolute atomic E-state index is 12.9. The van der Waals surface area contributed by atoms with Crippen LogP contribution in [0.1, 0.15) is 39.7 Å². The maximum atomic E-state index is 12.9. The van der Waals surface area contributed by atoms with Gasteiger partial charge in [0, 0.05) is 12.5 Å². The molecule has 2 rings (SSSR count). The van der Waals surface area contributed by atoms with Crippen LogP contribution in [0.25, 0.3) is 0 Å². The summed E-state index contributed by atoms with van der Waals surface area (Å²) in [6, 6.07) is 9.36. The van der Waals surface area contributed by atoms with E-state index in [2.05, 4.69) is 27.7 Å². The summed E-state index contributed by atoms with van der Waals surface area (Å²) < 4.78 is 11.6. The minimum atomic E-state index is -1.78. The molecule has 2 atom stereocenters. The Hall–Kier alpha value is -1.86. The number of carboxylic acid groups (broad SMARTS) is 1. The van der Waals surface area contributed by atoms with E-state index < -0.39 is 26.8 Å². The van der Waals surface area contributed by atoms with Gasteiger partial charge in [-0.25, -0.2) is 9.59 Å². The number of carbonyl (C=O) groups is 2.